The van der Waals surface area contributed by atoms with E-state index in [1.54, 1.807) is 24.3 Å². The van der Waals surface area contributed by atoms with Crippen LogP contribution in [0.15, 0.2) is 47.8 Å². The van der Waals surface area contributed by atoms with Crippen LogP contribution in [0.5, 0.6) is 0 Å². The summed E-state index contributed by atoms with van der Waals surface area (Å²) in [4.78, 5) is 28.0. The van der Waals surface area contributed by atoms with Gasteiger partial charge >= 0.3 is 6.03 Å². The fourth-order valence-corrected chi connectivity index (χ4v) is 2.81. The molecule has 3 rings (SSSR count). The molecule has 0 aliphatic heterocycles. The third-order valence-electron chi connectivity index (χ3n) is 3.24. The first-order chi connectivity index (χ1) is 12.9. The molecule has 0 bridgehead atoms. The van der Waals surface area contributed by atoms with Crippen LogP contribution in [-0.2, 0) is 0 Å². The summed E-state index contributed by atoms with van der Waals surface area (Å²) in [6, 6.07) is 8.95. The van der Waals surface area contributed by atoms with E-state index in [9.17, 15) is 18.4 Å². The SMILES string of the molecule is O=C(Nc1ccc(Cl)cc1)Nc1nc(C(=O)Nc2ccc(F)c(F)c2)cs1. The van der Waals surface area contributed by atoms with E-state index in [0.29, 0.717) is 10.7 Å². The van der Waals surface area contributed by atoms with E-state index in [2.05, 4.69) is 20.9 Å². The summed E-state index contributed by atoms with van der Waals surface area (Å²) in [5, 5.41) is 9.63. The first-order valence-corrected chi connectivity index (χ1v) is 8.72. The minimum atomic E-state index is -1.08. The zero-order valence-corrected chi connectivity index (χ0v) is 15.0. The van der Waals surface area contributed by atoms with Crippen LogP contribution in [-0.4, -0.2) is 16.9 Å². The van der Waals surface area contributed by atoms with Gasteiger partial charge in [-0.1, -0.05) is 11.6 Å². The molecule has 0 aliphatic carbocycles. The summed E-state index contributed by atoms with van der Waals surface area (Å²) < 4.78 is 26.1. The van der Waals surface area contributed by atoms with Crippen LogP contribution in [0, 0.1) is 11.6 Å². The third kappa shape index (κ3) is 4.99. The highest BCUT2D eigenvalue weighted by atomic mass is 35.5. The van der Waals surface area contributed by atoms with Gasteiger partial charge in [-0.25, -0.2) is 18.6 Å². The summed E-state index contributed by atoms with van der Waals surface area (Å²) in [7, 11) is 0. The Morgan fingerprint density at radius 2 is 1.63 bits per heavy atom. The monoisotopic (exact) mass is 408 g/mol. The lowest BCUT2D eigenvalue weighted by atomic mass is 10.3. The van der Waals surface area contributed by atoms with Crippen LogP contribution in [0.3, 0.4) is 0 Å². The van der Waals surface area contributed by atoms with E-state index in [4.69, 9.17) is 11.6 Å². The number of anilines is 3. The van der Waals surface area contributed by atoms with Gasteiger partial charge in [-0.3, -0.25) is 10.1 Å². The Balaban J connectivity index is 1.60. The van der Waals surface area contributed by atoms with Crippen molar-refractivity contribution in [2.24, 2.45) is 0 Å². The van der Waals surface area contributed by atoms with Gasteiger partial charge < -0.3 is 10.6 Å². The first-order valence-electron chi connectivity index (χ1n) is 7.46. The molecule has 3 N–H and O–H groups in total. The van der Waals surface area contributed by atoms with Gasteiger partial charge in [0.25, 0.3) is 5.91 Å². The lowest BCUT2D eigenvalue weighted by molar-refractivity contribution is 0.102. The molecular formula is C17H11ClF2N4O2S. The number of benzene rings is 2. The first kappa shape index (κ1) is 18.7. The van der Waals surface area contributed by atoms with Gasteiger partial charge in [0.1, 0.15) is 5.69 Å². The largest absolute Gasteiger partial charge is 0.325 e. The predicted molar refractivity (Wildman–Crippen MR) is 101 cm³/mol. The minimum absolute atomic E-state index is 0.0199. The molecule has 0 unspecified atom stereocenters. The maximum Gasteiger partial charge on any atom is 0.325 e. The lowest BCUT2D eigenvalue weighted by Gasteiger charge is -2.05. The number of hydrogen-bond acceptors (Lipinski definition) is 4. The van der Waals surface area contributed by atoms with E-state index in [-0.39, 0.29) is 16.5 Å². The minimum Gasteiger partial charge on any atom is -0.321 e. The van der Waals surface area contributed by atoms with E-state index in [1.165, 1.54) is 11.4 Å². The molecule has 0 spiro atoms. The fraction of sp³-hybridized carbons (Fsp3) is 0. The number of thiazole rings is 1. The van der Waals surface area contributed by atoms with Crippen molar-refractivity contribution in [2.75, 3.05) is 16.0 Å². The summed E-state index contributed by atoms with van der Waals surface area (Å²) in [6.45, 7) is 0. The smallest absolute Gasteiger partial charge is 0.321 e. The molecule has 0 saturated heterocycles. The van der Waals surface area contributed by atoms with Crippen molar-refractivity contribution < 1.29 is 18.4 Å². The number of nitrogens with zero attached hydrogens (tertiary/aromatic N) is 1. The van der Waals surface area contributed by atoms with Crippen molar-refractivity contribution in [3.63, 3.8) is 0 Å². The number of aromatic nitrogens is 1. The van der Waals surface area contributed by atoms with E-state index in [0.717, 1.165) is 23.5 Å². The maximum absolute atomic E-state index is 13.2. The van der Waals surface area contributed by atoms with E-state index >= 15 is 0 Å². The second-order valence-electron chi connectivity index (χ2n) is 5.21. The second-order valence-corrected chi connectivity index (χ2v) is 6.50. The number of rotatable bonds is 4. The van der Waals surface area contributed by atoms with Crippen LogP contribution in [0.1, 0.15) is 10.5 Å². The molecule has 0 fully saturated rings. The molecule has 10 heteroatoms. The second kappa shape index (κ2) is 8.11. The van der Waals surface area contributed by atoms with Crippen molar-refractivity contribution in [3.8, 4) is 0 Å². The van der Waals surface area contributed by atoms with E-state index < -0.39 is 23.6 Å². The summed E-state index contributed by atoms with van der Waals surface area (Å²) >= 11 is 6.81. The number of carbonyl (C=O) groups excluding carboxylic acids is 2. The lowest BCUT2D eigenvalue weighted by Crippen LogP contribution is -2.19. The van der Waals surface area contributed by atoms with Crippen molar-refractivity contribution in [1.82, 2.24) is 4.98 Å². The molecule has 3 aromatic rings. The number of carbonyl (C=O) groups is 2. The summed E-state index contributed by atoms with van der Waals surface area (Å²) in [6.07, 6.45) is 0. The average Bonchev–Trinajstić information content (AvgIpc) is 3.08. The molecule has 6 nitrogen and oxygen atoms in total. The van der Waals surface area contributed by atoms with Gasteiger partial charge in [0.05, 0.1) is 0 Å². The Kier molecular flexibility index (Phi) is 5.63. The Morgan fingerprint density at radius 3 is 2.33 bits per heavy atom. The maximum atomic E-state index is 13.2. The zero-order chi connectivity index (χ0) is 19.4. The predicted octanol–water partition coefficient (Wildman–Crippen LogP) is 4.97. The standard InChI is InChI=1S/C17H11ClF2N4O2S/c18-9-1-3-10(4-2-9)22-16(26)24-17-23-14(8-27-17)15(25)21-11-5-6-12(19)13(20)7-11/h1-8H,(H,21,25)(H2,22,23,24,26). The molecule has 0 atom stereocenters. The molecule has 0 radical (unpaired) electrons. The van der Waals surface area contributed by atoms with Crippen LogP contribution in [0.4, 0.5) is 30.1 Å². The number of hydrogen-bond donors (Lipinski definition) is 3. The van der Waals surface area contributed by atoms with Gasteiger partial charge in [-0.2, -0.15) is 0 Å². The Labute approximate surface area is 161 Å². The van der Waals surface area contributed by atoms with Crippen molar-refractivity contribution in [2.45, 2.75) is 0 Å². The Bertz CT molecular complexity index is 995. The Morgan fingerprint density at radius 1 is 0.926 bits per heavy atom. The molecule has 2 aromatic carbocycles. The van der Waals surface area contributed by atoms with Gasteiger partial charge in [0.2, 0.25) is 0 Å². The number of nitrogens with one attached hydrogen (secondary N) is 3. The topological polar surface area (TPSA) is 83.1 Å². The van der Waals surface area contributed by atoms with Crippen LogP contribution >= 0.6 is 22.9 Å². The van der Waals surface area contributed by atoms with Gasteiger partial charge in [0.15, 0.2) is 16.8 Å². The molecule has 1 aromatic heterocycles. The quantitative estimate of drug-likeness (QED) is 0.569. The summed E-state index contributed by atoms with van der Waals surface area (Å²) in [5.41, 5.74) is 0.637. The normalized spacial score (nSPS) is 10.3. The molecule has 0 saturated carbocycles. The molecule has 3 amide bonds. The van der Waals surface area contributed by atoms with Gasteiger partial charge in [-0.05, 0) is 36.4 Å². The van der Waals surface area contributed by atoms with E-state index in [1.807, 2.05) is 0 Å². The van der Waals surface area contributed by atoms with Crippen LogP contribution in [0.25, 0.3) is 0 Å². The van der Waals surface area contributed by atoms with Crippen LogP contribution in [0.2, 0.25) is 5.02 Å². The molecule has 138 valence electrons. The average molecular weight is 409 g/mol. The molecule has 27 heavy (non-hydrogen) atoms. The summed E-state index contributed by atoms with van der Waals surface area (Å²) in [5.74, 6) is -2.71. The highest BCUT2D eigenvalue weighted by molar-refractivity contribution is 7.14. The van der Waals surface area contributed by atoms with Gasteiger partial charge in [0, 0.05) is 27.8 Å². The highest BCUT2D eigenvalue weighted by Crippen LogP contribution is 2.19. The van der Waals surface area contributed by atoms with Crippen LogP contribution < -0.4 is 16.0 Å². The van der Waals surface area contributed by atoms with Crippen molar-refractivity contribution in [1.29, 1.82) is 0 Å². The number of urea groups is 1. The Hall–Kier alpha value is -3.04. The third-order valence-corrected chi connectivity index (χ3v) is 4.25. The van der Waals surface area contributed by atoms with Crippen molar-refractivity contribution >= 4 is 51.4 Å². The van der Waals surface area contributed by atoms with Gasteiger partial charge in [-0.15, -0.1) is 11.3 Å². The van der Waals surface area contributed by atoms with Crippen molar-refractivity contribution in [3.05, 3.63) is 70.2 Å². The zero-order valence-electron chi connectivity index (χ0n) is 13.4. The highest BCUT2D eigenvalue weighted by Gasteiger charge is 2.14. The number of amides is 3. The fourth-order valence-electron chi connectivity index (χ4n) is 2.00. The number of halogens is 3. The molecule has 0 aliphatic rings. The molecule has 1 heterocycles. The molecular weight excluding hydrogens is 398 g/mol.